The Hall–Kier alpha value is -2.57. The third kappa shape index (κ3) is 4.40. The van der Waals surface area contributed by atoms with Crippen molar-refractivity contribution in [1.29, 1.82) is 0 Å². The monoisotopic (exact) mass is 378 g/mol. The van der Waals surface area contributed by atoms with Crippen LogP contribution < -0.4 is 10.1 Å². The van der Waals surface area contributed by atoms with E-state index in [0.717, 1.165) is 24.1 Å². The molecule has 1 aliphatic carbocycles. The fourth-order valence-corrected chi connectivity index (χ4v) is 2.92. The van der Waals surface area contributed by atoms with Crippen LogP contribution in [0.4, 0.5) is 13.2 Å². The summed E-state index contributed by atoms with van der Waals surface area (Å²) in [5.41, 5.74) is -0.381. The fourth-order valence-electron chi connectivity index (χ4n) is 2.92. The summed E-state index contributed by atoms with van der Waals surface area (Å²) in [7, 11) is 0. The minimum atomic E-state index is -4.42. The normalized spacial score (nSPS) is 15.3. The van der Waals surface area contributed by atoms with Crippen LogP contribution in [0.3, 0.4) is 0 Å². The quantitative estimate of drug-likeness (QED) is 0.784. The number of ether oxygens (including phenoxy) is 1. The lowest BCUT2D eigenvalue weighted by atomic mass is 9.93. The third-order valence-corrected chi connectivity index (χ3v) is 4.63. The van der Waals surface area contributed by atoms with Crippen molar-refractivity contribution in [3.05, 3.63) is 59.3 Å². The lowest BCUT2D eigenvalue weighted by Gasteiger charge is -2.17. The van der Waals surface area contributed by atoms with Gasteiger partial charge >= 0.3 is 6.18 Å². The number of carbonyl (C=O) groups excluding carboxylic acids is 1. The van der Waals surface area contributed by atoms with Crippen LogP contribution in [0.5, 0.6) is 5.88 Å². The molecular weight excluding hydrogens is 357 g/mol. The van der Waals surface area contributed by atoms with E-state index in [1.807, 2.05) is 13.0 Å². The highest BCUT2D eigenvalue weighted by atomic mass is 19.4. The number of hydrogen-bond acceptors (Lipinski definition) is 3. The van der Waals surface area contributed by atoms with Crippen LogP contribution in [-0.4, -0.2) is 17.5 Å². The molecule has 1 fully saturated rings. The van der Waals surface area contributed by atoms with Gasteiger partial charge in [-0.1, -0.05) is 31.2 Å². The zero-order valence-electron chi connectivity index (χ0n) is 15.0. The lowest BCUT2D eigenvalue weighted by molar-refractivity contribution is -0.137. The van der Waals surface area contributed by atoms with E-state index in [0.29, 0.717) is 30.9 Å². The van der Waals surface area contributed by atoms with Crippen molar-refractivity contribution >= 4 is 5.91 Å². The second-order valence-corrected chi connectivity index (χ2v) is 6.70. The predicted octanol–water partition coefficient (Wildman–Crippen LogP) is 4.24. The standard InChI is InChI=1S/C20H21F3N2O2/c1-2-10-27-17-7-6-14(12-24-17)13-25-18(26)19(8-9-19)15-4-3-5-16(11-15)20(21,22)23/h3-7,11-12H,2,8-10,13H2,1H3,(H,25,26). The fraction of sp³-hybridized carbons (Fsp3) is 0.400. The number of carbonyl (C=O) groups is 1. The van der Waals surface area contributed by atoms with Crippen molar-refractivity contribution in [1.82, 2.24) is 10.3 Å². The second kappa shape index (κ2) is 7.58. The molecule has 4 nitrogen and oxygen atoms in total. The Morgan fingerprint density at radius 2 is 2.04 bits per heavy atom. The zero-order valence-corrected chi connectivity index (χ0v) is 15.0. The van der Waals surface area contributed by atoms with E-state index >= 15 is 0 Å². The maximum atomic E-state index is 12.9. The van der Waals surface area contributed by atoms with E-state index < -0.39 is 17.2 Å². The summed E-state index contributed by atoms with van der Waals surface area (Å²) in [5.74, 6) is 0.266. The van der Waals surface area contributed by atoms with Crippen molar-refractivity contribution in [2.45, 2.75) is 44.3 Å². The smallest absolute Gasteiger partial charge is 0.416 e. The molecular formula is C20H21F3N2O2. The topological polar surface area (TPSA) is 51.2 Å². The predicted molar refractivity (Wildman–Crippen MR) is 94.2 cm³/mol. The first-order valence-electron chi connectivity index (χ1n) is 8.89. The molecule has 1 N–H and O–H groups in total. The Labute approximate surface area is 155 Å². The number of nitrogens with zero attached hydrogens (tertiary/aromatic N) is 1. The first-order chi connectivity index (χ1) is 12.8. The SMILES string of the molecule is CCCOc1ccc(CNC(=O)C2(c3cccc(C(F)(F)F)c3)CC2)cn1. The molecule has 7 heteroatoms. The van der Waals surface area contributed by atoms with Gasteiger partial charge in [0, 0.05) is 18.8 Å². The van der Waals surface area contributed by atoms with Gasteiger partial charge in [-0.15, -0.1) is 0 Å². The molecule has 2 aromatic rings. The van der Waals surface area contributed by atoms with E-state index in [1.165, 1.54) is 6.07 Å². The summed E-state index contributed by atoms with van der Waals surface area (Å²) < 4.78 is 44.2. The highest BCUT2D eigenvalue weighted by molar-refractivity contribution is 5.91. The number of benzene rings is 1. The third-order valence-electron chi connectivity index (χ3n) is 4.63. The molecule has 1 aliphatic rings. The summed E-state index contributed by atoms with van der Waals surface area (Å²) in [6.45, 7) is 2.85. The highest BCUT2D eigenvalue weighted by Crippen LogP contribution is 2.49. The Morgan fingerprint density at radius 3 is 2.63 bits per heavy atom. The number of aromatic nitrogens is 1. The van der Waals surface area contributed by atoms with Crippen LogP contribution in [0, 0.1) is 0 Å². The zero-order chi connectivity index (χ0) is 19.5. The Kier molecular flexibility index (Phi) is 5.39. The van der Waals surface area contributed by atoms with Gasteiger partial charge in [0.05, 0.1) is 17.6 Å². The summed E-state index contributed by atoms with van der Waals surface area (Å²) in [6.07, 6.45) is -0.827. The molecule has 0 unspecified atom stereocenters. The molecule has 3 rings (SSSR count). The van der Waals surface area contributed by atoms with Gasteiger partial charge in [0.15, 0.2) is 0 Å². The molecule has 0 aliphatic heterocycles. The average Bonchev–Trinajstić information content (AvgIpc) is 3.47. The van der Waals surface area contributed by atoms with Gasteiger partial charge in [-0.2, -0.15) is 13.2 Å². The highest BCUT2D eigenvalue weighted by Gasteiger charge is 2.51. The number of rotatable bonds is 7. The number of alkyl halides is 3. The molecule has 0 spiro atoms. The molecule has 0 bridgehead atoms. The lowest BCUT2D eigenvalue weighted by Crippen LogP contribution is -2.34. The van der Waals surface area contributed by atoms with Gasteiger partial charge in [0.1, 0.15) is 0 Å². The van der Waals surface area contributed by atoms with E-state index in [2.05, 4.69) is 10.3 Å². The van der Waals surface area contributed by atoms with Crippen LogP contribution in [-0.2, 0) is 22.9 Å². The van der Waals surface area contributed by atoms with Crippen LogP contribution in [0.1, 0.15) is 42.9 Å². The van der Waals surface area contributed by atoms with Gasteiger partial charge < -0.3 is 10.1 Å². The van der Waals surface area contributed by atoms with Gasteiger partial charge in [-0.05, 0) is 36.5 Å². The van der Waals surface area contributed by atoms with Crippen LogP contribution in [0.15, 0.2) is 42.6 Å². The van der Waals surface area contributed by atoms with Crippen LogP contribution >= 0.6 is 0 Å². The van der Waals surface area contributed by atoms with Crippen molar-refractivity contribution < 1.29 is 22.7 Å². The molecule has 1 aromatic heterocycles. The maximum absolute atomic E-state index is 12.9. The van der Waals surface area contributed by atoms with Gasteiger partial charge in [-0.3, -0.25) is 4.79 Å². The molecule has 27 heavy (non-hydrogen) atoms. The molecule has 1 aromatic carbocycles. The molecule has 0 saturated heterocycles. The summed E-state index contributed by atoms with van der Waals surface area (Å²) in [4.78, 5) is 16.8. The Bertz CT molecular complexity index is 800. The van der Waals surface area contributed by atoms with Crippen molar-refractivity contribution in [3.8, 4) is 5.88 Å². The van der Waals surface area contributed by atoms with Crippen molar-refractivity contribution in [2.75, 3.05) is 6.61 Å². The number of hydrogen-bond donors (Lipinski definition) is 1. The number of halogens is 3. The summed E-state index contributed by atoms with van der Waals surface area (Å²) in [5, 5.41) is 2.82. The molecule has 1 heterocycles. The van der Waals surface area contributed by atoms with Gasteiger partial charge in [0.2, 0.25) is 11.8 Å². The van der Waals surface area contributed by atoms with E-state index in [1.54, 1.807) is 18.3 Å². The molecule has 0 radical (unpaired) electrons. The largest absolute Gasteiger partial charge is 0.478 e. The van der Waals surface area contributed by atoms with E-state index in [9.17, 15) is 18.0 Å². The molecule has 1 amide bonds. The number of amides is 1. The van der Waals surface area contributed by atoms with Crippen molar-refractivity contribution in [3.63, 3.8) is 0 Å². The first-order valence-corrected chi connectivity index (χ1v) is 8.89. The number of nitrogens with one attached hydrogen (secondary N) is 1. The first kappa shape index (κ1) is 19.2. The average molecular weight is 378 g/mol. The van der Waals surface area contributed by atoms with Crippen molar-refractivity contribution in [2.24, 2.45) is 0 Å². The Balaban J connectivity index is 1.64. The second-order valence-electron chi connectivity index (χ2n) is 6.70. The summed E-state index contributed by atoms with van der Waals surface area (Å²) in [6, 6.07) is 8.58. The minimum absolute atomic E-state index is 0.256. The van der Waals surface area contributed by atoms with Crippen LogP contribution in [0.25, 0.3) is 0 Å². The summed E-state index contributed by atoms with van der Waals surface area (Å²) >= 11 is 0. The minimum Gasteiger partial charge on any atom is -0.478 e. The van der Waals surface area contributed by atoms with Gasteiger partial charge in [-0.25, -0.2) is 4.98 Å². The molecule has 0 atom stereocenters. The number of pyridine rings is 1. The maximum Gasteiger partial charge on any atom is 0.416 e. The van der Waals surface area contributed by atoms with E-state index in [-0.39, 0.29) is 12.5 Å². The van der Waals surface area contributed by atoms with Crippen LogP contribution in [0.2, 0.25) is 0 Å². The van der Waals surface area contributed by atoms with Gasteiger partial charge in [0.25, 0.3) is 0 Å². The molecule has 1 saturated carbocycles. The van der Waals surface area contributed by atoms with E-state index in [4.69, 9.17) is 4.74 Å². The Morgan fingerprint density at radius 1 is 1.26 bits per heavy atom. The molecule has 144 valence electrons.